The van der Waals surface area contributed by atoms with Crippen molar-refractivity contribution in [1.82, 2.24) is 0 Å². The molecule has 0 radical (unpaired) electrons. The van der Waals surface area contributed by atoms with Gasteiger partial charge in [0.1, 0.15) is 6.04 Å². The molecule has 102 valence electrons. The molecule has 0 aliphatic rings. The second-order valence-electron chi connectivity index (χ2n) is 4.01. The van der Waals surface area contributed by atoms with Crippen LogP contribution in [0.5, 0.6) is 0 Å². The normalized spacial score (nSPS) is 12.6. The van der Waals surface area contributed by atoms with Gasteiger partial charge >= 0.3 is 6.18 Å². The van der Waals surface area contributed by atoms with E-state index in [-0.39, 0.29) is 18.0 Å². The van der Waals surface area contributed by atoms with Crippen molar-refractivity contribution in [3.05, 3.63) is 60.2 Å². The third kappa shape index (κ3) is 3.72. The number of rotatable bonds is 2. The zero-order valence-electron chi connectivity index (χ0n) is 9.89. The Balaban J connectivity index is 0.00000180. The van der Waals surface area contributed by atoms with E-state index in [4.69, 9.17) is 5.73 Å². The molecule has 0 heterocycles. The van der Waals surface area contributed by atoms with Gasteiger partial charge in [0.15, 0.2) is 0 Å². The zero-order valence-corrected chi connectivity index (χ0v) is 10.7. The lowest BCUT2D eigenvalue weighted by Gasteiger charge is -2.16. The molecule has 5 heteroatoms. The van der Waals surface area contributed by atoms with Gasteiger partial charge in [-0.15, -0.1) is 12.4 Å². The van der Waals surface area contributed by atoms with Crippen LogP contribution in [0.25, 0.3) is 11.1 Å². The minimum atomic E-state index is -4.41. The summed E-state index contributed by atoms with van der Waals surface area (Å²) < 4.78 is 37.3. The first-order valence-corrected chi connectivity index (χ1v) is 5.46. The molecule has 2 aromatic carbocycles. The Bertz CT molecular complexity index is 508. The van der Waals surface area contributed by atoms with Gasteiger partial charge in [0.25, 0.3) is 0 Å². The lowest BCUT2D eigenvalue weighted by molar-refractivity contribution is -0.149. The molecule has 0 spiro atoms. The van der Waals surface area contributed by atoms with E-state index in [0.717, 1.165) is 11.1 Å². The van der Waals surface area contributed by atoms with Crippen molar-refractivity contribution >= 4 is 12.4 Å². The topological polar surface area (TPSA) is 26.0 Å². The van der Waals surface area contributed by atoms with Crippen LogP contribution in [0.3, 0.4) is 0 Å². The molecule has 0 saturated carbocycles. The van der Waals surface area contributed by atoms with Crippen LogP contribution in [-0.2, 0) is 0 Å². The van der Waals surface area contributed by atoms with Gasteiger partial charge in [-0.05, 0) is 16.7 Å². The molecule has 0 aromatic heterocycles. The first-order valence-electron chi connectivity index (χ1n) is 5.46. The van der Waals surface area contributed by atoms with Crippen molar-refractivity contribution in [2.24, 2.45) is 5.73 Å². The van der Waals surface area contributed by atoms with Crippen LogP contribution in [-0.4, -0.2) is 6.18 Å². The molecule has 1 atom stereocenters. The van der Waals surface area contributed by atoms with Gasteiger partial charge in [-0.25, -0.2) is 0 Å². The zero-order chi connectivity index (χ0) is 13.2. The molecule has 19 heavy (non-hydrogen) atoms. The molecule has 0 fully saturated rings. The lowest BCUT2D eigenvalue weighted by Crippen LogP contribution is -2.28. The number of alkyl halides is 3. The first kappa shape index (κ1) is 15.5. The quantitative estimate of drug-likeness (QED) is 0.874. The summed E-state index contributed by atoms with van der Waals surface area (Å²) in [7, 11) is 0. The Kier molecular flexibility index (Phi) is 4.97. The minimum absolute atomic E-state index is 0. The largest absolute Gasteiger partial charge is 0.407 e. The predicted octanol–water partition coefficient (Wildman–Crippen LogP) is 4.34. The monoisotopic (exact) mass is 287 g/mol. The van der Waals surface area contributed by atoms with E-state index < -0.39 is 12.2 Å². The van der Waals surface area contributed by atoms with Crippen LogP contribution in [0.1, 0.15) is 11.6 Å². The van der Waals surface area contributed by atoms with E-state index in [2.05, 4.69) is 0 Å². The minimum Gasteiger partial charge on any atom is -0.316 e. The van der Waals surface area contributed by atoms with Crippen molar-refractivity contribution in [2.75, 3.05) is 0 Å². The predicted molar refractivity (Wildman–Crippen MR) is 72.1 cm³/mol. The van der Waals surface area contributed by atoms with Crippen molar-refractivity contribution < 1.29 is 13.2 Å². The van der Waals surface area contributed by atoms with E-state index in [1.807, 2.05) is 30.3 Å². The third-order valence-corrected chi connectivity index (χ3v) is 2.73. The van der Waals surface area contributed by atoms with Gasteiger partial charge in [0.05, 0.1) is 0 Å². The van der Waals surface area contributed by atoms with Crippen molar-refractivity contribution in [2.45, 2.75) is 12.2 Å². The number of halogens is 4. The van der Waals surface area contributed by atoms with Crippen LogP contribution < -0.4 is 5.73 Å². The molecule has 0 aliphatic heterocycles. The number of hydrogen-bond acceptors (Lipinski definition) is 1. The van der Waals surface area contributed by atoms with Gasteiger partial charge < -0.3 is 5.73 Å². The Morgan fingerprint density at radius 1 is 0.789 bits per heavy atom. The smallest absolute Gasteiger partial charge is 0.316 e. The molecule has 0 saturated heterocycles. The van der Waals surface area contributed by atoms with Gasteiger partial charge in [0, 0.05) is 0 Å². The average molecular weight is 288 g/mol. The molecule has 2 N–H and O–H groups in total. The SMILES string of the molecule is Cl.NC(c1ccc(-c2ccccc2)cc1)C(F)(F)F. The highest BCUT2D eigenvalue weighted by Gasteiger charge is 2.37. The van der Waals surface area contributed by atoms with E-state index >= 15 is 0 Å². The lowest BCUT2D eigenvalue weighted by atomic mass is 10.0. The molecule has 0 aliphatic carbocycles. The van der Waals surface area contributed by atoms with Crippen LogP contribution >= 0.6 is 12.4 Å². The molecule has 0 amide bonds. The maximum absolute atomic E-state index is 12.4. The molecule has 1 unspecified atom stereocenters. The van der Waals surface area contributed by atoms with E-state index in [0.29, 0.717) is 0 Å². The van der Waals surface area contributed by atoms with Crippen molar-refractivity contribution in [3.63, 3.8) is 0 Å². The van der Waals surface area contributed by atoms with Gasteiger partial charge in [0.2, 0.25) is 0 Å². The summed E-state index contributed by atoms with van der Waals surface area (Å²) in [5.41, 5.74) is 7.04. The molecule has 2 aromatic rings. The third-order valence-electron chi connectivity index (χ3n) is 2.73. The number of nitrogens with two attached hydrogens (primary N) is 1. The van der Waals surface area contributed by atoms with Gasteiger partial charge in [-0.3, -0.25) is 0 Å². The number of benzene rings is 2. The standard InChI is InChI=1S/C14H12F3N.ClH/c15-14(16,17)13(18)12-8-6-11(7-9-12)10-4-2-1-3-5-10;/h1-9,13H,18H2;1H. The number of hydrogen-bond donors (Lipinski definition) is 1. The molecule has 2 rings (SSSR count). The summed E-state index contributed by atoms with van der Waals surface area (Å²) in [6, 6.07) is 13.7. The Morgan fingerprint density at radius 2 is 1.26 bits per heavy atom. The highest BCUT2D eigenvalue weighted by molar-refractivity contribution is 5.85. The summed E-state index contributed by atoms with van der Waals surface area (Å²) in [6.45, 7) is 0. The second-order valence-corrected chi connectivity index (χ2v) is 4.01. The highest BCUT2D eigenvalue weighted by atomic mass is 35.5. The fraction of sp³-hybridized carbons (Fsp3) is 0.143. The fourth-order valence-corrected chi connectivity index (χ4v) is 1.70. The Labute approximate surface area is 115 Å². The summed E-state index contributed by atoms with van der Waals surface area (Å²) >= 11 is 0. The van der Waals surface area contributed by atoms with E-state index in [9.17, 15) is 13.2 Å². The Morgan fingerprint density at radius 3 is 1.74 bits per heavy atom. The Hall–Kier alpha value is -1.52. The average Bonchev–Trinajstić information content (AvgIpc) is 2.38. The summed E-state index contributed by atoms with van der Waals surface area (Å²) in [4.78, 5) is 0. The highest BCUT2D eigenvalue weighted by Crippen LogP contribution is 2.31. The first-order chi connectivity index (χ1) is 8.48. The van der Waals surface area contributed by atoms with Crippen LogP contribution in [0.15, 0.2) is 54.6 Å². The maximum atomic E-state index is 12.4. The van der Waals surface area contributed by atoms with E-state index in [1.54, 1.807) is 12.1 Å². The second kappa shape index (κ2) is 6.08. The van der Waals surface area contributed by atoms with Crippen LogP contribution in [0.2, 0.25) is 0 Å². The van der Waals surface area contributed by atoms with Gasteiger partial charge in [-0.2, -0.15) is 13.2 Å². The molecule has 1 nitrogen and oxygen atoms in total. The summed E-state index contributed by atoms with van der Waals surface area (Å²) in [5.74, 6) is 0. The summed E-state index contributed by atoms with van der Waals surface area (Å²) in [6.07, 6.45) is -4.41. The van der Waals surface area contributed by atoms with Crippen LogP contribution in [0, 0.1) is 0 Å². The van der Waals surface area contributed by atoms with E-state index in [1.165, 1.54) is 12.1 Å². The molecular weight excluding hydrogens is 275 g/mol. The molecule has 0 bridgehead atoms. The van der Waals surface area contributed by atoms with Crippen molar-refractivity contribution in [1.29, 1.82) is 0 Å². The van der Waals surface area contributed by atoms with Gasteiger partial charge in [-0.1, -0.05) is 54.6 Å². The fourth-order valence-electron chi connectivity index (χ4n) is 1.70. The summed E-state index contributed by atoms with van der Waals surface area (Å²) in [5, 5.41) is 0. The maximum Gasteiger partial charge on any atom is 0.407 e. The van der Waals surface area contributed by atoms with Crippen LogP contribution in [0.4, 0.5) is 13.2 Å². The molecular formula is C14H13ClF3N. The van der Waals surface area contributed by atoms with Crippen molar-refractivity contribution in [3.8, 4) is 11.1 Å².